The largest absolute Gasteiger partial charge is 0.349 e. The summed E-state index contributed by atoms with van der Waals surface area (Å²) in [5.74, 6) is -0.152. The Bertz CT molecular complexity index is 723. The number of nitrogens with one attached hydrogen (secondary N) is 1. The molecule has 24 heavy (non-hydrogen) atoms. The number of nitrogens with zero attached hydrogens (tertiary/aromatic N) is 1. The summed E-state index contributed by atoms with van der Waals surface area (Å²) in [6.45, 7) is 3.14. The van der Waals surface area contributed by atoms with Crippen LogP contribution in [0.25, 0.3) is 0 Å². The molecule has 0 spiro atoms. The summed E-state index contributed by atoms with van der Waals surface area (Å²) in [5, 5.41) is 2.96. The molecule has 0 aromatic heterocycles. The highest BCUT2D eigenvalue weighted by Crippen LogP contribution is 2.19. The first-order valence-corrected chi connectivity index (χ1v) is 8.41. The molecule has 4 nitrogen and oxygen atoms in total. The first-order chi connectivity index (χ1) is 11.7. The lowest BCUT2D eigenvalue weighted by Crippen LogP contribution is -2.31. The Hall–Kier alpha value is -2.62. The lowest BCUT2D eigenvalue weighted by atomic mass is 10.1. The monoisotopic (exact) mass is 322 g/mol. The summed E-state index contributed by atoms with van der Waals surface area (Å²) in [7, 11) is 0. The molecule has 1 saturated carbocycles. The summed E-state index contributed by atoms with van der Waals surface area (Å²) in [5.41, 5.74) is 2.19. The molecule has 2 amide bonds. The zero-order valence-corrected chi connectivity index (χ0v) is 13.9. The molecule has 3 rings (SSSR count). The summed E-state index contributed by atoms with van der Waals surface area (Å²) >= 11 is 0. The third kappa shape index (κ3) is 4.02. The fourth-order valence-electron chi connectivity index (χ4n) is 2.60. The summed E-state index contributed by atoms with van der Waals surface area (Å²) in [6.07, 6.45) is 2.09. The zero-order valence-electron chi connectivity index (χ0n) is 13.9. The summed E-state index contributed by atoms with van der Waals surface area (Å²) < 4.78 is 0. The fourth-order valence-corrected chi connectivity index (χ4v) is 2.60. The Morgan fingerprint density at radius 2 is 1.75 bits per heavy atom. The predicted octanol–water partition coefficient (Wildman–Crippen LogP) is 3.24. The quantitative estimate of drug-likeness (QED) is 0.887. The standard InChI is InChI=1S/C20H22N2O2/c1-2-22(14-15-7-4-3-5-8-15)20(24)17-10-6-9-16(13-17)19(23)21-18-11-12-18/h3-10,13,18H,2,11-12,14H2,1H3,(H,21,23). The predicted molar refractivity (Wildman–Crippen MR) is 93.8 cm³/mol. The molecular formula is C20H22N2O2. The van der Waals surface area contributed by atoms with E-state index >= 15 is 0 Å². The number of benzene rings is 2. The lowest BCUT2D eigenvalue weighted by molar-refractivity contribution is 0.0752. The van der Waals surface area contributed by atoms with Crippen LogP contribution >= 0.6 is 0 Å². The van der Waals surface area contributed by atoms with Gasteiger partial charge >= 0.3 is 0 Å². The normalized spacial score (nSPS) is 13.4. The minimum Gasteiger partial charge on any atom is -0.349 e. The van der Waals surface area contributed by atoms with Gasteiger partial charge in [-0.1, -0.05) is 36.4 Å². The molecule has 1 aliphatic rings. The van der Waals surface area contributed by atoms with E-state index in [1.807, 2.05) is 37.3 Å². The van der Waals surface area contributed by atoms with Crippen LogP contribution in [0.2, 0.25) is 0 Å². The molecule has 1 N–H and O–H groups in total. The topological polar surface area (TPSA) is 49.4 Å². The smallest absolute Gasteiger partial charge is 0.254 e. The van der Waals surface area contributed by atoms with Crippen molar-refractivity contribution in [1.29, 1.82) is 0 Å². The second-order valence-electron chi connectivity index (χ2n) is 6.13. The van der Waals surface area contributed by atoms with E-state index in [0.29, 0.717) is 30.3 Å². The molecule has 0 radical (unpaired) electrons. The van der Waals surface area contributed by atoms with Crippen LogP contribution < -0.4 is 5.32 Å². The van der Waals surface area contributed by atoms with Crippen molar-refractivity contribution in [2.45, 2.75) is 32.4 Å². The van der Waals surface area contributed by atoms with Crippen molar-refractivity contribution in [2.24, 2.45) is 0 Å². The maximum absolute atomic E-state index is 12.8. The molecule has 0 atom stereocenters. The SMILES string of the molecule is CCN(Cc1ccccc1)C(=O)c1cccc(C(=O)NC2CC2)c1. The van der Waals surface area contributed by atoms with E-state index in [0.717, 1.165) is 18.4 Å². The molecule has 4 heteroatoms. The Balaban J connectivity index is 1.73. The van der Waals surface area contributed by atoms with Gasteiger partial charge in [-0.25, -0.2) is 0 Å². The van der Waals surface area contributed by atoms with Crippen LogP contribution in [0.15, 0.2) is 54.6 Å². The van der Waals surface area contributed by atoms with Gasteiger partial charge in [0, 0.05) is 30.3 Å². The number of hydrogen-bond donors (Lipinski definition) is 1. The third-order valence-corrected chi connectivity index (χ3v) is 4.17. The van der Waals surface area contributed by atoms with E-state index in [1.54, 1.807) is 29.2 Å². The summed E-state index contributed by atoms with van der Waals surface area (Å²) in [6, 6.07) is 17.2. The van der Waals surface area contributed by atoms with Crippen molar-refractivity contribution in [3.8, 4) is 0 Å². The molecule has 0 bridgehead atoms. The van der Waals surface area contributed by atoms with Crippen LogP contribution in [0.5, 0.6) is 0 Å². The number of carbonyl (C=O) groups is 2. The van der Waals surface area contributed by atoms with Gasteiger partial charge in [-0.05, 0) is 43.5 Å². The van der Waals surface area contributed by atoms with Gasteiger partial charge in [0.05, 0.1) is 0 Å². The molecule has 0 aliphatic heterocycles. The minimum absolute atomic E-state index is 0.0533. The van der Waals surface area contributed by atoms with Crippen LogP contribution in [0.3, 0.4) is 0 Å². The highest BCUT2D eigenvalue weighted by Gasteiger charge is 2.24. The van der Waals surface area contributed by atoms with Crippen LogP contribution in [-0.2, 0) is 6.54 Å². The van der Waals surface area contributed by atoms with Crippen molar-refractivity contribution >= 4 is 11.8 Å². The van der Waals surface area contributed by atoms with E-state index in [2.05, 4.69) is 5.32 Å². The van der Waals surface area contributed by atoms with Crippen LogP contribution in [-0.4, -0.2) is 29.3 Å². The third-order valence-electron chi connectivity index (χ3n) is 4.17. The molecule has 1 fully saturated rings. The average molecular weight is 322 g/mol. The van der Waals surface area contributed by atoms with Gasteiger partial charge in [-0.2, -0.15) is 0 Å². The van der Waals surface area contributed by atoms with Gasteiger partial charge in [0.15, 0.2) is 0 Å². The van der Waals surface area contributed by atoms with E-state index in [9.17, 15) is 9.59 Å². The number of rotatable bonds is 6. The molecule has 124 valence electrons. The molecule has 0 saturated heterocycles. The average Bonchev–Trinajstić information content (AvgIpc) is 3.44. The molecule has 0 heterocycles. The van der Waals surface area contributed by atoms with Gasteiger partial charge in [0.25, 0.3) is 11.8 Å². The van der Waals surface area contributed by atoms with Gasteiger partial charge in [0.1, 0.15) is 0 Å². The zero-order chi connectivity index (χ0) is 16.9. The van der Waals surface area contributed by atoms with Crippen LogP contribution in [0, 0.1) is 0 Å². The molecule has 1 aliphatic carbocycles. The first-order valence-electron chi connectivity index (χ1n) is 8.41. The Labute approximate surface area is 142 Å². The maximum atomic E-state index is 12.8. The van der Waals surface area contributed by atoms with E-state index < -0.39 is 0 Å². The van der Waals surface area contributed by atoms with Crippen molar-refractivity contribution in [1.82, 2.24) is 10.2 Å². The lowest BCUT2D eigenvalue weighted by Gasteiger charge is -2.21. The van der Waals surface area contributed by atoms with E-state index in [1.165, 1.54) is 0 Å². The molecule has 0 unspecified atom stereocenters. The van der Waals surface area contributed by atoms with Gasteiger partial charge < -0.3 is 10.2 Å². The number of carbonyl (C=O) groups excluding carboxylic acids is 2. The van der Waals surface area contributed by atoms with Crippen molar-refractivity contribution in [3.05, 3.63) is 71.3 Å². The van der Waals surface area contributed by atoms with Gasteiger partial charge in [-0.15, -0.1) is 0 Å². The Kier molecular flexibility index (Phi) is 4.94. The minimum atomic E-state index is -0.0988. The Morgan fingerprint density at radius 3 is 2.42 bits per heavy atom. The van der Waals surface area contributed by atoms with Gasteiger partial charge in [0.2, 0.25) is 0 Å². The molecule has 2 aromatic carbocycles. The van der Waals surface area contributed by atoms with E-state index in [4.69, 9.17) is 0 Å². The molecular weight excluding hydrogens is 300 g/mol. The van der Waals surface area contributed by atoms with Crippen LogP contribution in [0.1, 0.15) is 46.0 Å². The second kappa shape index (κ2) is 7.30. The number of amides is 2. The Morgan fingerprint density at radius 1 is 1.04 bits per heavy atom. The second-order valence-corrected chi connectivity index (χ2v) is 6.13. The van der Waals surface area contributed by atoms with Crippen molar-refractivity contribution in [2.75, 3.05) is 6.54 Å². The molecule has 2 aromatic rings. The van der Waals surface area contributed by atoms with Crippen molar-refractivity contribution in [3.63, 3.8) is 0 Å². The highest BCUT2D eigenvalue weighted by atomic mass is 16.2. The van der Waals surface area contributed by atoms with Crippen molar-refractivity contribution < 1.29 is 9.59 Å². The van der Waals surface area contributed by atoms with Crippen LogP contribution in [0.4, 0.5) is 0 Å². The first kappa shape index (κ1) is 16.2. The number of hydrogen-bond acceptors (Lipinski definition) is 2. The highest BCUT2D eigenvalue weighted by molar-refractivity contribution is 5.99. The fraction of sp³-hybridized carbons (Fsp3) is 0.300. The van der Waals surface area contributed by atoms with Gasteiger partial charge in [-0.3, -0.25) is 9.59 Å². The van der Waals surface area contributed by atoms with E-state index in [-0.39, 0.29) is 11.8 Å². The summed E-state index contributed by atoms with van der Waals surface area (Å²) in [4.78, 5) is 26.7. The maximum Gasteiger partial charge on any atom is 0.254 e.